The smallest absolute Gasteiger partial charge is 0.251 e. The second-order valence-corrected chi connectivity index (χ2v) is 6.84. The van der Waals surface area contributed by atoms with Crippen molar-refractivity contribution in [1.82, 2.24) is 15.2 Å². The van der Waals surface area contributed by atoms with Gasteiger partial charge in [-0.3, -0.25) is 4.79 Å². The summed E-state index contributed by atoms with van der Waals surface area (Å²) in [5.74, 6) is 0.577. The fourth-order valence-corrected chi connectivity index (χ4v) is 2.72. The predicted molar refractivity (Wildman–Crippen MR) is 102 cm³/mol. The molecule has 0 spiro atoms. The molecule has 5 nitrogen and oxygen atoms in total. The van der Waals surface area contributed by atoms with E-state index in [4.69, 9.17) is 0 Å². The third-order valence-electron chi connectivity index (χ3n) is 3.54. The summed E-state index contributed by atoms with van der Waals surface area (Å²) in [4.78, 5) is 18.6. The first kappa shape index (κ1) is 18.4. The Hall–Kier alpha value is -1.92. The molecule has 0 bridgehead atoms. The highest BCUT2D eigenvalue weighted by Gasteiger charge is 2.07. The van der Waals surface area contributed by atoms with E-state index in [1.165, 1.54) is 0 Å². The Morgan fingerprint density at radius 1 is 1.25 bits per heavy atom. The Kier molecular flexibility index (Phi) is 6.75. The summed E-state index contributed by atoms with van der Waals surface area (Å²) in [6.07, 6.45) is 2.57. The van der Waals surface area contributed by atoms with Crippen LogP contribution in [0.25, 0.3) is 0 Å². The zero-order chi connectivity index (χ0) is 17.5. The Balaban J connectivity index is 1.99. The van der Waals surface area contributed by atoms with Crippen molar-refractivity contribution in [3.63, 3.8) is 0 Å². The van der Waals surface area contributed by atoms with Crippen LogP contribution in [0.4, 0.5) is 11.5 Å². The van der Waals surface area contributed by atoms with Gasteiger partial charge in [0.1, 0.15) is 5.82 Å². The van der Waals surface area contributed by atoms with Gasteiger partial charge in [0.2, 0.25) is 0 Å². The van der Waals surface area contributed by atoms with E-state index in [-0.39, 0.29) is 5.91 Å². The van der Waals surface area contributed by atoms with Crippen LogP contribution in [-0.2, 0) is 0 Å². The van der Waals surface area contributed by atoms with E-state index in [0.717, 1.165) is 28.7 Å². The summed E-state index contributed by atoms with van der Waals surface area (Å²) >= 11 is 3.45. The largest absolute Gasteiger partial charge is 0.352 e. The lowest BCUT2D eigenvalue weighted by molar-refractivity contribution is 0.0952. The number of carbonyl (C=O) groups excluding carboxylic acids is 1. The fourth-order valence-electron chi connectivity index (χ4n) is 2.24. The number of aryl methyl sites for hydroxylation is 1. The number of benzene rings is 1. The minimum Gasteiger partial charge on any atom is -0.352 e. The van der Waals surface area contributed by atoms with Gasteiger partial charge in [-0.05, 0) is 69.9 Å². The highest BCUT2D eigenvalue weighted by atomic mass is 79.9. The van der Waals surface area contributed by atoms with E-state index in [9.17, 15) is 4.79 Å². The lowest BCUT2D eigenvalue weighted by atomic mass is 10.2. The topological polar surface area (TPSA) is 57.3 Å². The molecule has 24 heavy (non-hydrogen) atoms. The van der Waals surface area contributed by atoms with Crippen molar-refractivity contribution in [2.45, 2.75) is 13.3 Å². The number of rotatable bonds is 7. The number of anilines is 2. The molecule has 0 aliphatic heterocycles. The summed E-state index contributed by atoms with van der Waals surface area (Å²) in [5, 5.41) is 6.20. The van der Waals surface area contributed by atoms with Crippen molar-refractivity contribution >= 4 is 33.3 Å². The number of halogens is 1. The molecule has 6 heteroatoms. The number of hydrogen-bond acceptors (Lipinski definition) is 4. The summed E-state index contributed by atoms with van der Waals surface area (Å²) < 4.78 is 1.03. The zero-order valence-electron chi connectivity index (χ0n) is 14.3. The number of hydrogen-bond donors (Lipinski definition) is 2. The van der Waals surface area contributed by atoms with E-state index >= 15 is 0 Å². The molecule has 1 aromatic carbocycles. The third-order valence-corrected chi connectivity index (χ3v) is 4.03. The second-order valence-electron chi connectivity index (χ2n) is 5.93. The lowest BCUT2D eigenvalue weighted by Crippen LogP contribution is -2.27. The van der Waals surface area contributed by atoms with Crippen LogP contribution >= 0.6 is 15.9 Å². The molecule has 0 fully saturated rings. The summed E-state index contributed by atoms with van der Waals surface area (Å²) in [6.45, 7) is 3.63. The van der Waals surface area contributed by atoms with Crippen molar-refractivity contribution in [3.8, 4) is 0 Å². The van der Waals surface area contributed by atoms with Crippen LogP contribution in [0.15, 0.2) is 41.0 Å². The normalized spacial score (nSPS) is 10.7. The molecule has 0 aliphatic rings. The van der Waals surface area contributed by atoms with Gasteiger partial charge in [-0.2, -0.15) is 0 Å². The van der Waals surface area contributed by atoms with Gasteiger partial charge < -0.3 is 15.5 Å². The van der Waals surface area contributed by atoms with Gasteiger partial charge in [-0.1, -0.05) is 15.9 Å². The van der Waals surface area contributed by atoms with Gasteiger partial charge in [-0.15, -0.1) is 0 Å². The molecule has 2 rings (SSSR count). The second kappa shape index (κ2) is 8.80. The van der Waals surface area contributed by atoms with E-state index in [1.807, 2.05) is 39.2 Å². The molecular weight excluding hydrogens is 368 g/mol. The number of carbonyl (C=O) groups is 1. The maximum absolute atomic E-state index is 12.2. The van der Waals surface area contributed by atoms with Crippen molar-refractivity contribution < 1.29 is 4.79 Å². The van der Waals surface area contributed by atoms with Crippen molar-refractivity contribution in [2.75, 3.05) is 32.5 Å². The van der Waals surface area contributed by atoms with E-state index in [1.54, 1.807) is 18.3 Å². The SMILES string of the molecule is Cc1cc(Br)ccc1Nc1cc(C(=O)NCCCN(C)C)ccn1. The maximum Gasteiger partial charge on any atom is 0.251 e. The van der Waals surface area contributed by atoms with Gasteiger partial charge in [0.25, 0.3) is 5.91 Å². The average molecular weight is 391 g/mol. The molecule has 0 atom stereocenters. The van der Waals surface area contributed by atoms with Crippen LogP contribution in [-0.4, -0.2) is 43.0 Å². The number of amides is 1. The van der Waals surface area contributed by atoms with Crippen LogP contribution in [0.2, 0.25) is 0 Å². The van der Waals surface area contributed by atoms with E-state index in [0.29, 0.717) is 17.9 Å². The Morgan fingerprint density at radius 3 is 2.75 bits per heavy atom. The molecule has 2 N–H and O–H groups in total. The fraction of sp³-hybridized carbons (Fsp3) is 0.333. The van der Waals surface area contributed by atoms with Crippen LogP contribution in [0, 0.1) is 6.92 Å². The number of aromatic nitrogens is 1. The van der Waals surface area contributed by atoms with Crippen molar-refractivity contribution in [2.24, 2.45) is 0 Å². The maximum atomic E-state index is 12.2. The summed E-state index contributed by atoms with van der Waals surface area (Å²) in [7, 11) is 4.04. The number of pyridine rings is 1. The highest BCUT2D eigenvalue weighted by Crippen LogP contribution is 2.23. The van der Waals surface area contributed by atoms with Gasteiger partial charge in [0.05, 0.1) is 0 Å². The molecule has 1 heterocycles. The first-order valence-corrected chi connectivity index (χ1v) is 8.67. The Morgan fingerprint density at radius 2 is 2.04 bits per heavy atom. The van der Waals surface area contributed by atoms with Crippen molar-refractivity contribution in [1.29, 1.82) is 0 Å². The average Bonchev–Trinajstić information content (AvgIpc) is 2.54. The molecule has 0 aliphatic carbocycles. The molecule has 128 valence electrons. The first-order chi connectivity index (χ1) is 11.5. The highest BCUT2D eigenvalue weighted by molar-refractivity contribution is 9.10. The van der Waals surface area contributed by atoms with Crippen LogP contribution in [0.1, 0.15) is 22.3 Å². The summed E-state index contributed by atoms with van der Waals surface area (Å²) in [6, 6.07) is 9.47. The lowest BCUT2D eigenvalue weighted by Gasteiger charge is -2.11. The molecule has 0 radical (unpaired) electrons. The Bertz CT molecular complexity index is 703. The van der Waals surface area contributed by atoms with Crippen LogP contribution in [0.3, 0.4) is 0 Å². The van der Waals surface area contributed by atoms with Gasteiger partial charge in [0, 0.05) is 28.5 Å². The quantitative estimate of drug-likeness (QED) is 0.709. The zero-order valence-corrected chi connectivity index (χ0v) is 15.9. The molecule has 0 saturated carbocycles. The Labute approximate surface area is 151 Å². The molecule has 1 amide bonds. The van der Waals surface area contributed by atoms with Gasteiger partial charge in [-0.25, -0.2) is 4.98 Å². The molecule has 2 aromatic rings. The van der Waals surface area contributed by atoms with E-state index < -0.39 is 0 Å². The monoisotopic (exact) mass is 390 g/mol. The third kappa shape index (κ3) is 5.62. The first-order valence-electron chi connectivity index (χ1n) is 7.88. The molecule has 0 unspecified atom stereocenters. The molecule has 1 aromatic heterocycles. The number of nitrogens with zero attached hydrogens (tertiary/aromatic N) is 2. The summed E-state index contributed by atoms with van der Waals surface area (Å²) in [5.41, 5.74) is 2.67. The van der Waals surface area contributed by atoms with E-state index in [2.05, 4.69) is 36.4 Å². The van der Waals surface area contributed by atoms with Crippen molar-refractivity contribution in [3.05, 3.63) is 52.1 Å². The predicted octanol–water partition coefficient (Wildman–Crippen LogP) is 3.58. The minimum atomic E-state index is -0.0771. The van der Waals surface area contributed by atoms with Gasteiger partial charge >= 0.3 is 0 Å². The number of nitrogens with one attached hydrogen (secondary N) is 2. The minimum absolute atomic E-state index is 0.0771. The van der Waals surface area contributed by atoms with Crippen LogP contribution < -0.4 is 10.6 Å². The standard InChI is InChI=1S/C18H23BrN4O/c1-13-11-15(19)5-6-16(13)22-17-12-14(7-9-20-17)18(24)21-8-4-10-23(2)3/h5-7,9,11-12H,4,8,10H2,1-3H3,(H,20,22)(H,21,24). The van der Waals surface area contributed by atoms with Gasteiger partial charge in [0.15, 0.2) is 0 Å². The molecular formula is C18H23BrN4O. The van der Waals surface area contributed by atoms with Crippen LogP contribution in [0.5, 0.6) is 0 Å². The molecule has 0 saturated heterocycles.